The van der Waals surface area contributed by atoms with Gasteiger partial charge in [-0.05, 0) is 67.0 Å². The van der Waals surface area contributed by atoms with Crippen molar-refractivity contribution >= 4 is 21.7 Å². The van der Waals surface area contributed by atoms with Crippen molar-refractivity contribution in [2.24, 2.45) is 0 Å². The van der Waals surface area contributed by atoms with Crippen LogP contribution in [-0.4, -0.2) is 42.1 Å². The van der Waals surface area contributed by atoms with Gasteiger partial charge in [-0.3, -0.25) is 4.31 Å². The second kappa shape index (κ2) is 13.4. The zero-order valence-corrected chi connectivity index (χ0v) is 25.8. The van der Waals surface area contributed by atoms with Gasteiger partial charge in [0.25, 0.3) is 15.2 Å². The van der Waals surface area contributed by atoms with E-state index in [4.69, 9.17) is 4.74 Å². The van der Waals surface area contributed by atoms with Crippen LogP contribution in [0.3, 0.4) is 0 Å². The fraction of sp³-hybridized carbons (Fsp3) is 0.286. The van der Waals surface area contributed by atoms with Crippen LogP contribution in [0, 0.1) is 0 Å². The maximum atomic E-state index is 13.8. The average molecular weight is 612 g/mol. The number of ether oxygens (including phenoxy) is 1. The molecule has 1 N–H and O–H groups in total. The molecule has 0 aliphatic carbocycles. The van der Waals surface area contributed by atoms with E-state index in [-0.39, 0.29) is 22.9 Å². The van der Waals surface area contributed by atoms with E-state index >= 15 is 0 Å². The number of nitrogens with zero attached hydrogens (tertiary/aromatic N) is 3. The van der Waals surface area contributed by atoms with Crippen LogP contribution in [-0.2, 0) is 32.4 Å². The van der Waals surface area contributed by atoms with Crippen molar-refractivity contribution < 1.29 is 23.1 Å². The quantitative estimate of drug-likeness (QED) is 0.143. The highest BCUT2D eigenvalue weighted by Gasteiger charge is 2.43. The van der Waals surface area contributed by atoms with Crippen LogP contribution >= 0.6 is 0 Å². The Bertz CT molecular complexity index is 1670. The van der Waals surface area contributed by atoms with Crippen molar-refractivity contribution in [2.75, 3.05) is 11.4 Å². The molecule has 2 heterocycles. The first-order valence-electron chi connectivity index (χ1n) is 14.8. The number of carbonyl (C=O) groups excluding carboxylic acids is 1. The number of sulfonamides is 1. The number of carbonyl (C=O) groups is 1. The molecule has 0 fully saturated rings. The summed E-state index contributed by atoms with van der Waals surface area (Å²) in [7, 11) is -2.57. The molecule has 1 aliphatic rings. The Balaban J connectivity index is 1.43. The maximum Gasteiger partial charge on any atom is 0.338 e. The molecule has 0 bridgehead atoms. The second-order valence-electron chi connectivity index (χ2n) is 11.1. The summed E-state index contributed by atoms with van der Waals surface area (Å²) in [5, 5.41) is 11.2. The SMILES string of the molecule is CCC(C1=C(O)CC(CCc2ccccc2)(CCc2ccccc2)OC1=O)c1cccc(N(C)S(=O)(=O)c2ncccn2)c1. The molecule has 1 unspecified atom stereocenters. The number of hydrogen-bond donors (Lipinski definition) is 1. The summed E-state index contributed by atoms with van der Waals surface area (Å²) < 4.78 is 33.8. The van der Waals surface area contributed by atoms with Gasteiger partial charge < -0.3 is 9.84 Å². The van der Waals surface area contributed by atoms with E-state index in [1.165, 1.54) is 19.4 Å². The first-order valence-corrected chi connectivity index (χ1v) is 16.3. The van der Waals surface area contributed by atoms with Gasteiger partial charge in [0.2, 0.25) is 0 Å². The van der Waals surface area contributed by atoms with Crippen molar-refractivity contribution in [1.29, 1.82) is 0 Å². The smallest absolute Gasteiger partial charge is 0.338 e. The number of cyclic esters (lactones) is 1. The molecule has 3 aromatic carbocycles. The summed E-state index contributed by atoms with van der Waals surface area (Å²) >= 11 is 0. The van der Waals surface area contributed by atoms with Crippen LogP contribution in [0.25, 0.3) is 0 Å². The molecule has 1 atom stereocenters. The topological polar surface area (TPSA) is 110 Å². The minimum Gasteiger partial charge on any atom is -0.512 e. The van der Waals surface area contributed by atoms with E-state index in [1.54, 1.807) is 24.3 Å². The zero-order valence-electron chi connectivity index (χ0n) is 25.0. The molecule has 44 heavy (non-hydrogen) atoms. The van der Waals surface area contributed by atoms with Crippen molar-refractivity contribution in [2.45, 2.75) is 62.1 Å². The lowest BCUT2D eigenvalue weighted by Gasteiger charge is -2.39. The average Bonchev–Trinajstić information content (AvgIpc) is 3.05. The molecule has 228 valence electrons. The number of benzene rings is 3. The lowest BCUT2D eigenvalue weighted by molar-refractivity contribution is -0.161. The van der Waals surface area contributed by atoms with Crippen molar-refractivity contribution in [3.05, 3.63) is 131 Å². The Morgan fingerprint density at radius 3 is 2.02 bits per heavy atom. The lowest BCUT2D eigenvalue weighted by Crippen LogP contribution is -2.42. The number of aryl methyl sites for hydroxylation is 2. The predicted molar refractivity (Wildman–Crippen MR) is 170 cm³/mol. The summed E-state index contributed by atoms with van der Waals surface area (Å²) in [6.45, 7) is 1.93. The van der Waals surface area contributed by atoms with Crippen molar-refractivity contribution in [3.8, 4) is 0 Å². The highest BCUT2D eigenvalue weighted by molar-refractivity contribution is 7.92. The van der Waals surface area contributed by atoms with Crippen molar-refractivity contribution in [3.63, 3.8) is 0 Å². The van der Waals surface area contributed by atoms with Crippen LogP contribution in [0.2, 0.25) is 0 Å². The van der Waals surface area contributed by atoms with Crippen LogP contribution < -0.4 is 4.31 Å². The molecule has 8 nitrogen and oxygen atoms in total. The Labute approximate surface area is 259 Å². The van der Waals surface area contributed by atoms with E-state index in [0.717, 1.165) is 15.4 Å². The molecule has 5 rings (SSSR count). The molecule has 0 saturated carbocycles. The molecule has 0 radical (unpaired) electrons. The van der Waals surface area contributed by atoms with Gasteiger partial charge in [-0.25, -0.2) is 14.8 Å². The van der Waals surface area contributed by atoms with Gasteiger partial charge in [-0.15, -0.1) is 0 Å². The predicted octanol–water partition coefficient (Wildman–Crippen LogP) is 6.56. The zero-order chi connectivity index (χ0) is 31.2. The van der Waals surface area contributed by atoms with Crippen LogP contribution in [0.1, 0.15) is 55.2 Å². The molecular weight excluding hydrogens is 574 g/mol. The van der Waals surface area contributed by atoms with Crippen LogP contribution in [0.15, 0.2) is 120 Å². The maximum absolute atomic E-state index is 13.8. The first kappa shape index (κ1) is 30.9. The van der Waals surface area contributed by atoms with E-state index < -0.39 is 27.5 Å². The van der Waals surface area contributed by atoms with E-state index in [0.29, 0.717) is 43.4 Å². The third-order valence-electron chi connectivity index (χ3n) is 8.28. The van der Waals surface area contributed by atoms with Gasteiger partial charge in [-0.1, -0.05) is 79.7 Å². The number of aliphatic hydroxyl groups is 1. The van der Waals surface area contributed by atoms with E-state index in [2.05, 4.69) is 34.2 Å². The van der Waals surface area contributed by atoms with Gasteiger partial charge in [0.1, 0.15) is 11.4 Å². The minimum absolute atomic E-state index is 0.0262. The summed E-state index contributed by atoms with van der Waals surface area (Å²) in [5.74, 6) is -1.00. The Morgan fingerprint density at radius 2 is 1.48 bits per heavy atom. The van der Waals surface area contributed by atoms with Gasteiger partial charge in [0.05, 0.1) is 11.3 Å². The highest BCUT2D eigenvalue weighted by Crippen LogP contribution is 2.42. The third-order valence-corrected chi connectivity index (χ3v) is 9.88. The normalized spacial score (nSPS) is 15.5. The van der Waals surface area contributed by atoms with Crippen LogP contribution in [0.5, 0.6) is 0 Å². The summed E-state index contributed by atoms with van der Waals surface area (Å²) in [5.41, 5.74) is 2.72. The number of aromatic nitrogens is 2. The van der Waals surface area contributed by atoms with Gasteiger partial charge in [0, 0.05) is 31.8 Å². The lowest BCUT2D eigenvalue weighted by atomic mass is 9.79. The summed E-state index contributed by atoms with van der Waals surface area (Å²) in [6.07, 6.45) is 6.02. The van der Waals surface area contributed by atoms with E-state index in [9.17, 15) is 18.3 Å². The third kappa shape index (κ3) is 6.83. The number of hydrogen-bond acceptors (Lipinski definition) is 7. The van der Waals surface area contributed by atoms with Gasteiger partial charge in [0.15, 0.2) is 0 Å². The molecular formula is C35H37N3O5S. The molecule has 1 aromatic heterocycles. The van der Waals surface area contributed by atoms with E-state index in [1.807, 2.05) is 49.4 Å². The number of rotatable bonds is 12. The van der Waals surface area contributed by atoms with Crippen molar-refractivity contribution in [1.82, 2.24) is 9.97 Å². The molecule has 0 amide bonds. The van der Waals surface area contributed by atoms with Gasteiger partial charge in [-0.2, -0.15) is 8.42 Å². The minimum atomic E-state index is -4.00. The Kier molecular flexibility index (Phi) is 9.44. The molecule has 0 spiro atoms. The Morgan fingerprint density at radius 1 is 0.886 bits per heavy atom. The molecule has 4 aromatic rings. The number of aliphatic hydroxyl groups excluding tert-OH is 1. The summed E-state index contributed by atoms with van der Waals surface area (Å²) in [6, 6.07) is 28.6. The number of anilines is 1. The largest absolute Gasteiger partial charge is 0.512 e. The molecule has 0 saturated heterocycles. The van der Waals surface area contributed by atoms with Crippen LogP contribution in [0.4, 0.5) is 5.69 Å². The molecule has 1 aliphatic heterocycles. The fourth-order valence-corrected chi connectivity index (χ4v) is 6.83. The number of esters is 1. The monoisotopic (exact) mass is 611 g/mol. The Hall–Kier alpha value is -4.50. The standard InChI is InChI=1S/C35H37N3O5S/c1-3-30(28-16-10-17-29(24-28)38(2)44(41,42)34-36-22-11-23-37-34)32-31(39)25-35(43-33(32)40,20-18-26-12-6-4-7-13-26)21-19-27-14-8-5-9-15-27/h4-17,22-24,30,39H,3,18-21,25H2,1-2H3. The summed E-state index contributed by atoms with van der Waals surface area (Å²) in [4.78, 5) is 21.6. The highest BCUT2D eigenvalue weighted by atomic mass is 32.2. The van der Waals surface area contributed by atoms with Gasteiger partial charge >= 0.3 is 5.97 Å². The first-order chi connectivity index (χ1) is 21.2. The second-order valence-corrected chi connectivity index (χ2v) is 13.0. The molecule has 9 heteroatoms. The fourth-order valence-electron chi connectivity index (χ4n) is 5.81.